The van der Waals surface area contributed by atoms with Crippen molar-refractivity contribution in [3.8, 4) is 0 Å². The molecule has 0 N–H and O–H groups in total. The van der Waals surface area contributed by atoms with E-state index in [0.29, 0.717) is 0 Å². The zero-order chi connectivity index (χ0) is 7.68. The molecule has 64 valence electrons. The van der Waals surface area contributed by atoms with Crippen LogP contribution >= 0.6 is 15.9 Å². The van der Waals surface area contributed by atoms with E-state index < -0.39 is 0 Å². The van der Waals surface area contributed by atoms with Crippen LogP contribution in [0.5, 0.6) is 0 Å². The number of ether oxygens (including phenoxy) is 1. The van der Waals surface area contributed by atoms with Crippen molar-refractivity contribution in [1.29, 1.82) is 0 Å². The average Bonchev–Trinajstić information content (AvgIpc) is 2.55. The lowest BCUT2D eigenvalue weighted by molar-refractivity contribution is 0.172. The first kappa shape index (κ1) is 8.06. The van der Waals surface area contributed by atoms with Crippen molar-refractivity contribution in [2.24, 2.45) is 11.8 Å². The summed E-state index contributed by atoms with van der Waals surface area (Å²) < 4.78 is 5.39. The van der Waals surface area contributed by atoms with Gasteiger partial charge in [0.15, 0.2) is 0 Å². The van der Waals surface area contributed by atoms with Crippen molar-refractivity contribution in [2.75, 3.05) is 13.2 Å². The Morgan fingerprint density at radius 3 is 2.55 bits per heavy atom. The van der Waals surface area contributed by atoms with Crippen molar-refractivity contribution in [3.05, 3.63) is 0 Å². The molecule has 1 saturated heterocycles. The lowest BCUT2D eigenvalue weighted by Gasteiger charge is -2.15. The summed E-state index contributed by atoms with van der Waals surface area (Å²) in [5.41, 5.74) is 0. The maximum atomic E-state index is 5.39. The normalized spacial score (nSPS) is 45.0. The molecule has 0 aromatic carbocycles. The summed E-state index contributed by atoms with van der Waals surface area (Å²) in [5.74, 6) is 1.85. The predicted octanol–water partition coefficient (Wildman–Crippen LogP) is 2.59. The molecule has 2 heteroatoms. The van der Waals surface area contributed by atoms with Crippen LogP contribution in [0.4, 0.5) is 0 Å². The van der Waals surface area contributed by atoms with Crippen LogP contribution in [0.15, 0.2) is 0 Å². The molecule has 0 aromatic heterocycles. The highest BCUT2D eigenvalue weighted by Gasteiger charge is 2.31. The van der Waals surface area contributed by atoms with Crippen LogP contribution in [0.3, 0.4) is 0 Å². The van der Waals surface area contributed by atoms with Gasteiger partial charge in [0.2, 0.25) is 0 Å². The first-order valence-electron chi connectivity index (χ1n) is 4.58. The maximum absolute atomic E-state index is 5.39. The molecule has 0 spiro atoms. The van der Waals surface area contributed by atoms with Gasteiger partial charge in [-0.05, 0) is 37.5 Å². The molecular weight excluding hydrogens is 204 g/mol. The van der Waals surface area contributed by atoms with Crippen LogP contribution in [-0.2, 0) is 4.74 Å². The Morgan fingerprint density at radius 2 is 2.00 bits per heavy atom. The van der Waals surface area contributed by atoms with Crippen molar-refractivity contribution >= 4 is 15.9 Å². The van der Waals surface area contributed by atoms with Gasteiger partial charge in [-0.15, -0.1) is 0 Å². The quantitative estimate of drug-likeness (QED) is 0.616. The number of rotatable bonds is 1. The van der Waals surface area contributed by atoms with Crippen LogP contribution in [0, 0.1) is 11.8 Å². The molecule has 2 rings (SSSR count). The second-order valence-corrected chi connectivity index (χ2v) is 5.09. The molecule has 3 unspecified atom stereocenters. The molecule has 11 heavy (non-hydrogen) atoms. The molecule has 1 nitrogen and oxygen atoms in total. The maximum Gasteiger partial charge on any atom is 0.0497 e. The second kappa shape index (κ2) is 3.44. The summed E-state index contributed by atoms with van der Waals surface area (Å²) in [6.45, 7) is 2.04. The fourth-order valence-electron chi connectivity index (χ4n) is 2.31. The Balaban J connectivity index is 1.85. The minimum absolute atomic E-state index is 0.799. The van der Waals surface area contributed by atoms with E-state index in [-0.39, 0.29) is 0 Å². The van der Waals surface area contributed by atoms with E-state index in [2.05, 4.69) is 15.9 Å². The fraction of sp³-hybridized carbons (Fsp3) is 1.00. The Hall–Kier alpha value is 0.440. The third-order valence-corrected chi connectivity index (χ3v) is 3.87. The summed E-state index contributed by atoms with van der Waals surface area (Å²) in [4.78, 5) is 0.799. The SMILES string of the molecule is BrC1CCC(C2CCOC2)C1. The lowest BCUT2D eigenvalue weighted by Crippen LogP contribution is -2.11. The van der Waals surface area contributed by atoms with Gasteiger partial charge in [0.05, 0.1) is 0 Å². The molecule has 1 saturated carbocycles. The molecule has 1 heterocycles. The standard InChI is InChI=1S/C9H15BrO/c10-9-2-1-7(5-9)8-3-4-11-6-8/h7-9H,1-6H2. The molecule has 2 fully saturated rings. The molecule has 1 aliphatic heterocycles. The number of hydrogen-bond acceptors (Lipinski definition) is 1. The zero-order valence-corrected chi connectivity index (χ0v) is 8.35. The number of hydrogen-bond donors (Lipinski definition) is 0. The van der Waals surface area contributed by atoms with E-state index in [1.54, 1.807) is 0 Å². The van der Waals surface area contributed by atoms with Crippen LogP contribution in [0.25, 0.3) is 0 Å². The molecule has 3 atom stereocenters. The molecule has 0 amide bonds. The van der Waals surface area contributed by atoms with E-state index in [1.165, 1.54) is 25.7 Å². The highest BCUT2D eigenvalue weighted by atomic mass is 79.9. The minimum atomic E-state index is 0.799. The van der Waals surface area contributed by atoms with Gasteiger partial charge in [0.25, 0.3) is 0 Å². The van der Waals surface area contributed by atoms with Crippen LogP contribution < -0.4 is 0 Å². The lowest BCUT2D eigenvalue weighted by atomic mass is 9.90. The molecule has 0 bridgehead atoms. The van der Waals surface area contributed by atoms with Gasteiger partial charge in [0, 0.05) is 18.0 Å². The van der Waals surface area contributed by atoms with Gasteiger partial charge in [-0.25, -0.2) is 0 Å². The van der Waals surface area contributed by atoms with Crippen LogP contribution in [0.1, 0.15) is 25.7 Å². The molecular formula is C9H15BrO. The minimum Gasteiger partial charge on any atom is -0.381 e. The molecule has 0 radical (unpaired) electrons. The smallest absolute Gasteiger partial charge is 0.0497 e. The topological polar surface area (TPSA) is 9.23 Å². The zero-order valence-electron chi connectivity index (χ0n) is 6.76. The Labute approximate surface area is 76.6 Å². The fourth-order valence-corrected chi connectivity index (χ4v) is 3.06. The van der Waals surface area contributed by atoms with Crippen LogP contribution in [0.2, 0.25) is 0 Å². The highest BCUT2D eigenvalue weighted by molar-refractivity contribution is 9.09. The summed E-state index contributed by atoms with van der Waals surface area (Å²) in [7, 11) is 0. The predicted molar refractivity (Wildman–Crippen MR) is 49.0 cm³/mol. The van der Waals surface area contributed by atoms with Gasteiger partial charge in [-0.3, -0.25) is 0 Å². The summed E-state index contributed by atoms with van der Waals surface area (Å²) in [6, 6.07) is 0. The first-order chi connectivity index (χ1) is 5.36. The summed E-state index contributed by atoms with van der Waals surface area (Å²) in [6.07, 6.45) is 5.49. The molecule has 1 aliphatic carbocycles. The van der Waals surface area contributed by atoms with E-state index >= 15 is 0 Å². The van der Waals surface area contributed by atoms with E-state index in [4.69, 9.17) is 4.74 Å². The third kappa shape index (κ3) is 1.78. The Morgan fingerprint density at radius 1 is 1.09 bits per heavy atom. The Kier molecular flexibility index (Phi) is 2.52. The Bertz CT molecular complexity index is 132. The van der Waals surface area contributed by atoms with Crippen molar-refractivity contribution < 1.29 is 4.74 Å². The summed E-state index contributed by atoms with van der Waals surface area (Å²) in [5, 5.41) is 0. The van der Waals surface area contributed by atoms with E-state index in [1.807, 2.05) is 0 Å². The number of halogens is 1. The van der Waals surface area contributed by atoms with Gasteiger partial charge in [0.1, 0.15) is 0 Å². The van der Waals surface area contributed by atoms with Crippen molar-refractivity contribution in [2.45, 2.75) is 30.5 Å². The number of alkyl halides is 1. The van der Waals surface area contributed by atoms with Gasteiger partial charge < -0.3 is 4.74 Å². The third-order valence-electron chi connectivity index (χ3n) is 3.04. The highest BCUT2D eigenvalue weighted by Crippen LogP contribution is 2.38. The molecule has 2 aliphatic rings. The van der Waals surface area contributed by atoms with Gasteiger partial charge >= 0.3 is 0 Å². The van der Waals surface area contributed by atoms with Gasteiger partial charge in [-0.2, -0.15) is 0 Å². The first-order valence-corrected chi connectivity index (χ1v) is 5.49. The van der Waals surface area contributed by atoms with Gasteiger partial charge in [-0.1, -0.05) is 15.9 Å². The monoisotopic (exact) mass is 218 g/mol. The van der Waals surface area contributed by atoms with Crippen molar-refractivity contribution in [1.82, 2.24) is 0 Å². The molecule has 0 aromatic rings. The average molecular weight is 219 g/mol. The van der Waals surface area contributed by atoms with E-state index in [0.717, 1.165) is 29.9 Å². The van der Waals surface area contributed by atoms with Crippen LogP contribution in [-0.4, -0.2) is 18.0 Å². The van der Waals surface area contributed by atoms with E-state index in [9.17, 15) is 0 Å². The largest absolute Gasteiger partial charge is 0.381 e. The summed E-state index contributed by atoms with van der Waals surface area (Å²) >= 11 is 3.68. The van der Waals surface area contributed by atoms with Crippen molar-refractivity contribution in [3.63, 3.8) is 0 Å². The second-order valence-electron chi connectivity index (χ2n) is 3.79.